The number of para-hydroxylation sites is 1. The van der Waals surface area contributed by atoms with Gasteiger partial charge in [0, 0.05) is 49.9 Å². The molecule has 0 fully saturated rings. The van der Waals surface area contributed by atoms with Crippen LogP contribution in [0, 0.1) is 0 Å². The molecule has 0 radical (unpaired) electrons. The summed E-state index contributed by atoms with van der Waals surface area (Å²) in [5.41, 5.74) is 2.25. The Kier molecular flexibility index (Phi) is 9.27. The van der Waals surface area contributed by atoms with Crippen molar-refractivity contribution in [3.8, 4) is 11.5 Å². The average molecular weight is 541 g/mol. The van der Waals surface area contributed by atoms with Crippen molar-refractivity contribution in [2.75, 3.05) is 30.4 Å². The van der Waals surface area contributed by atoms with E-state index in [-0.39, 0.29) is 23.1 Å². The van der Waals surface area contributed by atoms with E-state index >= 15 is 0 Å². The summed E-state index contributed by atoms with van der Waals surface area (Å²) in [7, 11) is 0. The van der Waals surface area contributed by atoms with Gasteiger partial charge in [0.1, 0.15) is 5.69 Å². The van der Waals surface area contributed by atoms with Crippen LogP contribution in [0.2, 0.25) is 0 Å². The van der Waals surface area contributed by atoms with Crippen LogP contribution in [0.3, 0.4) is 0 Å². The maximum absolute atomic E-state index is 13.3. The first-order valence-corrected chi connectivity index (χ1v) is 12.7. The first kappa shape index (κ1) is 27.8. The van der Waals surface area contributed by atoms with Crippen LogP contribution < -0.4 is 25.4 Å². The molecule has 1 aromatic heterocycles. The van der Waals surface area contributed by atoms with Crippen LogP contribution in [0.25, 0.3) is 0 Å². The van der Waals surface area contributed by atoms with Gasteiger partial charge in [-0.15, -0.1) is 8.78 Å². The molecule has 0 saturated carbocycles. The molecule has 4 rings (SSSR count). The maximum Gasteiger partial charge on any atom is 0.586 e. The monoisotopic (exact) mass is 540 g/mol. The van der Waals surface area contributed by atoms with E-state index in [1.54, 1.807) is 42.6 Å². The molecule has 9 nitrogen and oxygen atoms in total. The molecule has 3 aromatic rings. The zero-order valence-corrected chi connectivity index (χ0v) is 21.5. The lowest BCUT2D eigenvalue weighted by Gasteiger charge is -2.13. The molecule has 206 valence electrons. The summed E-state index contributed by atoms with van der Waals surface area (Å²) < 4.78 is 40.9. The van der Waals surface area contributed by atoms with E-state index < -0.39 is 12.2 Å². The standard InChI is InChI=1S/C28H30F2N4O5/c1-2-3-14-37-15-6-12-32-27(36)23-16-19(11-13-31-23)18-33-22-8-5-4-7-21(22)26(35)34-20-9-10-24-25(17-20)39-28(29,30)38-24/h4-5,7-11,13,16-17,33H,2-3,6,12,14-15,18H2,1H3,(H,32,36)(H,34,35). The number of carbonyl (C=O) groups excluding carboxylic acids is 2. The molecule has 0 spiro atoms. The van der Waals surface area contributed by atoms with Gasteiger partial charge >= 0.3 is 6.29 Å². The number of nitrogens with one attached hydrogen (secondary N) is 3. The largest absolute Gasteiger partial charge is 0.586 e. The normalized spacial score (nSPS) is 13.1. The van der Waals surface area contributed by atoms with Gasteiger partial charge < -0.3 is 30.2 Å². The number of rotatable bonds is 13. The predicted molar refractivity (Wildman–Crippen MR) is 141 cm³/mol. The zero-order chi connectivity index (χ0) is 27.7. The molecule has 39 heavy (non-hydrogen) atoms. The molecular formula is C28H30F2N4O5. The Balaban J connectivity index is 1.32. The topological polar surface area (TPSA) is 111 Å². The number of nitrogens with zero attached hydrogens (tertiary/aromatic N) is 1. The third-order valence-electron chi connectivity index (χ3n) is 5.76. The third-order valence-corrected chi connectivity index (χ3v) is 5.76. The van der Waals surface area contributed by atoms with Crippen LogP contribution in [-0.2, 0) is 11.3 Å². The minimum absolute atomic E-state index is 0.109. The second-order valence-corrected chi connectivity index (χ2v) is 8.81. The highest BCUT2D eigenvalue weighted by molar-refractivity contribution is 6.08. The molecule has 0 bridgehead atoms. The van der Waals surface area contributed by atoms with Crippen LogP contribution in [-0.4, -0.2) is 42.9 Å². The molecule has 0 aliphatic carbocycles. The number of aromatic nitrogens is 1. The van der Waals surface area contributed by atoms with Gasteiger partial charge in [-0.2, -0.15) is 0 Å². The van der Waals surface area contributed by atoms with E-state index in [9.17, 15) is 18.4 Å². The van der Waals surface area contributed by atoms with Crippen molar-refractivity contribution < 1.29 is 32.6 Å². The van der Waals surface area contributed by atoms with Crippen molar-refractivity contribution >= 4 is 23.2 Å². The Morgan fingerprint density at radius 3 is 2.62 bits per heavy atom. The van der Waals surface area contributed by atoms with Crippen molar-refractivity contribution in [2.45, 2.75) is 39.0 Å². The number of pyridine rings is 1. The van der Waals surface area contributed by atoms with Crippen molar-refractivity contribution in [3.05, 3.63) is 77.6 Å². The average Bonchev–Trinajstić information content (AvgIpc) is 3.24. The highest BCUT2D eigenvalue weighted by atomic mass is 19.3. The van der Waals surface area contributed by atoms with Crippen molar-refractivity contribution in [3.63, 3.8) is 0 Å². The number of unbranched alkanes of at least 4 members (excludes halogenated alkanes) is 1. The number of hydrogen-bond donors (Lipinski definition) is 3. The lowest BCUT2D eigenvalue weighted by atomic mass is 10.1. The van der Waals surface area contributed by atoms with Crippen LogP contribution in [0.5, 0.6) is 11.5 Å². The number of ether oxygens (including phenoxy) is 3. The fourth-order valence-corrected chi connectivity index (χ4v) is 3.78. The van der Waals surface area contributed by atoms with Gasteiger partial charge in [-0.05, 0) is 54.8 Å². The summed E-state index contributed by atoms with van der Waals surface area (Å²) in [6.07, 6.45) is 0.642. The molecule has 0 saturated heterocycles. The summed E-state index contributed by atoms with van der Waals surface area (Å²) in [6, 6.07) is 14.3. The van der Waals surface area contributed by atoms with Gasteiger partial charge in [0.05, 0.1) is 5.56 Å². The van der Waals surface area contributed by atoms with Gasteiger partial charge in [0.25, 0.3) is 11.8 Å². The smallest absolute Gasteiger partial charge is 0.395 e. The number of halogens is 2. The predicted octanol–water partition coefficient (Wildman–Crippen LogP) is 5.20. The van der Waals surface area contributed by atoms with E-state index in [2.05, 4.69) is 37.3 Å². The first-order chi connectivity index (χ1) is 18.8. The van der Waals surface area contributed by atoms with Crippen molar-refractivity contribution in [1.82, 2.24) is 10.3 Å². The molecule has 3 N–H and O–H groups in total. The number of amides is 2. The number of anilines is 2. The lowest BCUT2D eigenvalue weighted by molar-refractivity contribution is -0.286. The molecule has 2 heterocycles. The number of benzene rings is 2. The van der Waals surface area contributed by atoms with Gasteiger partial charge in [0.2, 0.25) is 0 Å². The van der Waals surface area contributed by atoms with Gasteiger partial charge in [-0.3, -0.25) is 14.6 Å². The van der Waals surface area contributed by atoms with Crippen LogP contribution in [0.4, 0.5) is 20.2 Å². The Labute approximate surface area is 224 Å². The fourth-order valence-electron chi connectivity index (χ4n) is 3.78. The van der Waals surface area contributed by atoms with Crippen LogP contribution >= 0.6 is 0 Å². The highest BCUT2D eigenvalue weighted by Gasteiger charge is 2.43. The minimum atomic E-state index is -3.74. The first-order valence-electron chi connectivity index (χ1n) is 12.7. The molecule has 11 heteroatoms. The summed E-state index contributed by atoms with van der Waals surface area (Å²) in [4.78, 5) is 29.6. The van der Waals surface area contributed by atoms with Crippen molar-refractivity contribution in [2.24, 2.45) is 0 Å². The number of alkyl halides is 2. The molecule has 2 amide bonds. The zero-order valence-electron chi connectivity index (χ0n) is 21.5. The Bertz CT molecular complexity index is 1300. The van der Waals surface area contributed by atoms with Crippen LogP contribution in [0.15, 0.2) is 60.8 Å². The molecule has 1 aliphatic rings. The van der Waals surface area contributed by atoms with Gasteiger partial charge in [-0.25, -0.2) is 0 Å². The molecule has 1 aliphatic heterocycles. The number of hydrogen-bond acceptors (Lipinski definition) is 7. The van der Waals surface area contributed by atoms with E-state index in [4.69, 9.17) is 4.74 Å². The second kappa shape index (κ2) is 13.0. The summed E-state index contributed by atoms with van der Waals surface area (Å²) in [5.74, 6) is -0.993. The van der Waals surface area contributed by atoms with Gasteiger partial charge in [0.15, 0.2) is 11.5 Å². The highest BCUT2D eigenvalue weighted by Crippen LogP contribution is 2.42. The Morgan fingerprint density at radius 2 is 1.77 bits per heavy atom. The third kappa shape index (κ3) is 7.87. The quantitative estimate of drug-likeness (QED) is 0.256. The van der Waals surface area contributed by atoms with Crippen molar-refractivity contribution in [1.29, 1.82) is 0 Å². The van der Waals surface area contributed by atoms with E-state index in [0.29, 0.717) is 43.1 Å². The molecule has 0 unspecified atom stereocenters. The minimum Gasteiger partial charge on any atom is -0.395 e. The van der Waals surface area contributed by atoms with Crippen LogP contribution in [0.1, 0.15) is 52.6 Å². The molecule has 2 aromatic carbocycles. The Morgan fingerprint density at radius 1 is 0.974 bits per heavy atom. The summed E-state index contributed by atoms with van der Waals surface area (Å²) >= 11 is 0. The van der Waals surface area contributed by atoms with Gasteiger partial charge in [-0.1, -0.05) is 25.5 Å². The SMILES string of the molecule is CCCCOCCCNC(=O)c1cc(CNc2ccccc2C(=O)Nc2ccc3c(c2)OC(F)(F)O3)ccn1. The lowest BCUT2D eigenvalue weighted by Crippen LogP contribution is -2.26. The second-order valence-electron chi connectivity index (χ2n) is 8.81. The fraction of sp³-hybridized carbons (Fsp3) is 0.321. The maximum atomic E-state index is 13.3. The summed E-state index contributed by atoms with van der Waals surface area (Å²) in [5, 5.41) is 8.74. The Hall–Kier alpha value is -4.25. The number of carbonyl (C=O) groups is 2. The molecular weight excluding hydrogens is 510 g/mol. The van der Waals surface area contributed by atoms with E-state index in [1.807, 2.05) is 0 Å². The van der Waals surface area contributed by atoms with E-state index in [0.717, 1.165) is 25.0 Å². The number of fused-ring (bicyclic) bond motifs is 1. The van der Waals surface area contributed by atoms with E-state index in [1.165, 1.54) is 18.2 Å². The molecule has 0 atom stereocenters. The summed E-state index contributed by atoms with van der Waals surface area (Å²) in [6.45, 7) is 4.25.